The lowest BCUT2D eigenvalue weighted by atomic mass is 10.0. The second-order valence-electron chi connectivity index (χ2n) is 9.97. The lowest BCUT2D eigenvalue weighted by molar-refractivity contribution is 0.668. The van der Waals surface area contributed by atoms with Crippen molar-refractivity contribution in [1.82, 2.24) is 9.97 Å². The number of pyridine rings is 2. The molecule has 0 atom stereocenters. The van der Waals surface area contributed by atoms with Crippen LogP contribution in [0.2, 0.25) is 0 Å². The Hall–Kier alpha value is -5.48. The summed E-state index contributed by atoms with van der Waals surface area (Å²) in [4.78, 5) is 11.6. The molecule has 0 bridgehead atoms. The minimum Gasteiger partial charge on any atom is -0.454 e. The van der Waals surface area contributed by atoms with Crippen molar-refractivity contribution >= 4 is 60.8 Å². The molecule has 0 N–H and O–H groups in total. The highest BCUT2D eigenvalue weighted by Gasteiger charge is 2.17. The van der Waals surface area contributed by atoms with Crippen molar-refractivity contribution in [3.8, 4) is 11.1 Å². The Morgan fingerprint density at radius 1 is 0.500 bits per heavy atom. The average Bonchev–Trinajstić information content (AvgIpc) is 3.37. The van der Waals surface area contributed by atoms with Gasteiger partial charge in [-0.1, -0.05) is 72.8 Å². The molecule has 0 saturated heterocycles. The Morgan fingerprint density at radius 2 is 1.23 bits per heavy atom. The molecule has 4 heteroatoms. The van der Waals surface area contributed by atoms with Crippen molar-refractivity contribution in [2.75, 3.05) is 4.90 Å². The molecule has 0 aliphatic carbocycles. The van der Waals surface area contributed by atoms with Crippen molar-refractivity contribution in [2.45, 2.75) is 0 Å². The highest BCUT2D eigenvalue weighted by Crippen LogP contribution is 2.38. The van der Waals surface area contributed by atoms with Crippen LogP contribution in [0.1, 0.15) is 0 Å². The van der Waals surface area contributed by atoms with E-state index >= 15 is 0 Å². The topological polar surface area (TPSA) is 42.2 Å². The summed E-state index contributed by atoms with van der Waals surface area (Å²) in [6.07, 6.45) is 3.77. The van der Waals surface area contributed by atoms with E-state index in [0.29, 0.717) is 0 Å². The van der Waals surface area contributed by atoms with Gasteiger partial charge in [-0.25, -0.2) is 4.98 Å². The van der Waals surface area contributed by atoms with Gasteiger partial charge < -0.3 is 9.32 Å². The van der Waals surface area contributed by atoms with Crippen molar-refractivity contribution in [3.63, 3.8) is 0 Å². The number of anilines is 3. The summed E-state index contributed by atoms with van der Waals surface area (Å²) in [5.74, 6) is 0. The van der Waals surface area contributed by atoms with E-state index in [2.05, 4.69) is 119 Å². The van der Waals surface area contributed by atoms with Gasteiger partial charge >= 0.3 is 0 Å². The summed E-state index contributed by atoms with van der Waals surface area (Å²) >= 11 is 0. The van der Waals surface area contributed by atoms with Crippen LogP contribution in [0.5, 0.6) is 0 Å². The van der Waals surface area contributed by atoms with Gasteiger partial charge in [0.2, 0.25) is 0 Å². The first-order valence-corrected chi connectivity index (χ1v) is 13.3. The molecular formula is C36H23N3O. The first-order valence-electron chi connectivity index (χ1n) is 13.3. The van der Waals surface area contributed by atoms with E-state index in [1.165, 1.54) is 5.39 Å². The predicted molar refractivity (Wildman–Crippen MR) is 164 cm³/mol. The van der Waals surface area contributed by atoms with E-state index in [4.69, 9.17) is 9.40 Å². The number of benzene rings is 5. The summed E-state index contributed by atoms with van der Waals surface area (Å²) in [6.45, 7) is 0. The first-order chi connectivity index (χ1) is 19.8. The lowest BCUT2D eigenvalue weighted by Gasteiger charge is -2.25. The molecule has 0 amide bonds. The summed E-state index contributed by atoms with van der Waals surface area (Å²) in [6, 6.07) is 44.1. The number of aromatic nitrogens is 2. The van der Waals surface area contributed by atoms with Crippen LogP contribution in [0, 0.1) is 0 Å². The van der Waals surface area contributed by atoms with E-state index in [-0.39, 0.29) is 0 Å². The van der Waals surface area contributed by atoms with E-state index in [0.717, 1.165) is 66.5 Å². The average molecular weight is 514 g/mol. The maximum atomic E-state index is 6.34. The highest BCUT2D eigenvalue weighted by atomic mass is 16.3. The van der Waals surface area contributed by atoms with E-state index in [9.17, 15) is 0 Å². The van der Waals surface area contributed by atoms with Crippen LogP contribution in [0.4, 0.5) is 17.1 Å². The number of rotatable bonds is 4. The van der Waals surface area contributed by atoms with Gasteiger partial charge in [0.25, 0.3) is 0 Å². The van der Waals surface area contributed by atoms with E-state index in [1.54, 1.807) is 0 Å². The zero-order valence-corrected chi connectivity index (χ0v) is 21.5. The number of para-hydroxylation sites is 1. The molecule has 0 unspecified atom stereocenters. The van der Waals surface area contributed by atoms with Gasteiger partial charge in [0.05, 0.1) is 17.4 Å². The fourth-order valence-corrected chi connectivity index (χ4v) is 5.52. The smallest absolute Gasteiger partial charge is 0.155 e. The number of hydrogen-bond donors (Lipinski definition) is 0. The molecule has 8 rings (SSSR count). The van der Waals surface area contributed by atoms with Gasteiger partial charge in [-0.3, -0.25) is 4.98 Å². The van der Waals surface area contributed by atoms with Crippen molar-refractivity contribution < 1.29 is 4.42 Å². The van der Waals surface area contributed by atoms with Gasteiger partial charge in [-0.05, 0) is 70.4 Å². The molecule has 0 radical (unpaired) electrons. The molecule has 0 saturated carbocycles. The summed E-state index contributed by atoms with van der Waals surface area (Å²) < 4.78 is 6.34. The summed E-state index contributed by atoms with van der Waals surface area (Å²) in [5.41, 5.74) is 8.78. The Labute approximate surface area is 230 Å². The molecule has 0 aliphatic heterocycles. The minimum atomic E-state index is 0.768. The molecule has 5 aromatic carbocycles. The Bertz CT molecular complexity index is 2170. The molecule has 188 valence electrons. The standard InChI is InChI=1S/C36H23N3O/c1-2-10-29(11-3-1)39(30-16-14-24(15-17-30)28-13-12-25-9-6-18-37-33(25)20-28)31-22-35-36(38-23-31)32-19-26-7-4-5-8-27(26)21-34(32)40-35/h1-23H. The SMILES string of the molecule is c1ccc(N(c2ccc(-c3ccc4cccnc4c3)cc2)c2cnc3c(c2)oc2cc4ccccc4cc23)cc1. The van der Waals surface area contributed by atoms with Crippen LogP contribution >= 0.6 is 0 Å². The van der Waals surface area contributed by atoms with Gasteiger partial charge in [-0.2, -0.15) is 0 Å². The molecule has 4 nitrogen and oxygen atoms in total. The molecule has 8 aromatic rings. The summed E-state index contributed by atoms with van der Waals surface area (Å²) in [7, 11) is 0. The molecule has 0 spiro atoms. The third-order valence-corrected chi connectivity index (χ3v) is 7.50. The van der Waals surface area contributed by atoms with Gasteiger partial charge in [0.1, 0.15) is 11.1 Å². The molecule has 3 heterocycles. The molecule has 0 aliphatic rings. The third-order valence-electron chi connectivity index (χ3n) is 7.50. The van der Waals surface area contributed by atoms with Crippen LogP contribution in [0.3, 0.4) is 0 Å². The quantitative estimate of drug-likeness (QED) is 0.235. The highest BCUT2D eigenvalue weighted by molar-refractivity contribution is 6.08. The third kappa shape index (κ3) is 3.77. The van der Waals surface area contributed by atoms with Crippen molar-refractivity contribution in [1.29, 1.82) is 0 Å². The van der Waals surface area contributed by atoms with Crippen LogP contribution in [0.15, 0.2) is 144 Å². The fourth-order valence-electron chi connectivity index (χ4n) is 5.52. The van der Waals surface area contributed by atoms with E-state index in [1.807, 2.05) is 30.6 Å². The first kappa shape index (κ1) is 22.5. The zero-order valence-electron chi connectivity index (χ0n) is 21.5. The Kier molecular flexibility index (Phi) is 5.10. The van der Waals surface area contributed by atoms with Gasteiger partial charge in [0.15, 0.2) is 5.58 Å². The second-order valence-corrected chi connectivity index (χ2v) is 9.97. The molecule has 40 heavy (non-hydrogen) atoms. The molecule has 3 aromatic heterocycles. The second kappa shape index (κ2) is 9.07. The number of hydrogen-bond acceptors (Lipinski definition) is 4. The lowest BCUT2D eigenvalue weighted by Crippen LogP contribution is -2.10. The zero-order chi connectivity index (χ0) is 26.5. The molecular weight excluding hydrogens is 490 g/mol. The predicted octanol–water partition coefficient (Wildman–Crippen LogP) is 9.82. The van der Waals surface area contributed by atoms with Crippen LogP contribution < -0.4 is 4.90 Å². The van der Waals surface area contributed by atoms with Crippen LogP contribution in [0.25, 0.3) is 54.9 Å². The van der Waals surface area contributed by atoms with Crippen molar-refractivity contribution in [3.05, 3.63) is 140 Å². The largest absolute Gasteiger partial charge is 0.454 e. The van der Waals surface area contributed by atoms with E-state index < -0.39 is 0 Å². The Balaban J connectivity index is 1.23. The molecule has 0 fully saturated rings. The normalized spacial score (nSPS) is 11.5. The summed E-state index contributed by atoms with van der Waals surface area (Å²) in [5, 5.41) is 4.50. The monoisotopic (exact) mass is 513 g/mol. The van der Waals surface area contributed by atoms with Crippen LogP contribution in [-0.2, 0) is 0 Å². The van der Waals surface area contributed by atoms with Gasteiger partial charge in [0, 0.05) is 34.4 Å². The maximum absolute atomic E-state index is 6.34. The van der Waals surface area contributed by atoms with Crippen LogP contribution in [-0.4, -0.2) is 9.97 Å². The number of nitrogens with zero attached hydrogens (tertiary/aromatic N) is 3. The maximum Gasteiger partial charge on any atom is 0.155 e. The number of fused-ring (bicyclic) bond motifs is 5. The van der Waals surface area contributed by atoms with Gasteiger partial charge in [-0.15, -0.1) is 0 Å². The fraction of sp³-hybridized carbons (Fsp3) is 0. The number of furan rings is 1. The minimum absolute atomic E-state index is 0.768. The Morgan fingerprint density at radius 3 is 2.08 bits per heavy atom. The van der Waals surface area contributed by atoms with Crippen molar-refractivity contribution in [2.24, 2.45) is 0 Å².